The van der Waals surface area contributed by atoms with E-state index in [-0.39, 0.29) is 24.0 Å². The maximum atomic E-state index is 6.10. The molecule has 4 nitrogen and oxygen atoms in total. The van der Waals surface area contributed by atoms with E-state index in [4.69, 9.17) is 5.73 Å². The normalized spacial score (nSPS) is 22.6. The SMILES string of the molecule is CCCN1CCC(CN=C(N)N2CCSCC2)CC1.I. The van der Waals surface area contributed by atoms with Crippen LogP contribution in [0.15, 0.2) is 4.99 Å². The number of hydrogen-bond donors (Lipinski definition) is 1. The van der Waals surface area contributed by atoms with Crippen LogP contribution >= 0.6 is 35.7 Å². The molecule has 2 saturated heterocycles. The van der Waals surface area contributed by atoms with Gasteiger partial charge in [0.2, 0.25) is 0 Å². The van der Waals surface area contributed by atoms with Crippen molar-refractivity contribution in [2.75, 3.05) is 50.8 Å². The monoisotopic (exact) mass is 412 g/mol. The summed E-state index contributed by atoms with van der Waals surface area (Å²) in [5, 5.41) is 0. The molecule has 0 unspecified atom stereocenters. The van der Waals surface area contributed by atoms with E-state index in [2.05, 4.69) is 21.7 Å². The van der Waals surface area contributed by atoms with Crippen molar-refractivity contribution < 1.29 is 0 Å². The summed E-state index contributed by atoms with van der Waals surface area (Å²) in [6, 6.07) is 0. The third-order valence-corrected chi connectivity index (χ3v) is 5.04. The Hall–Kier alpha value is 0.310. The number of rotatable bonds is 4. The van der Waals surface area contributed by atoms with Gasteiger partial charge in [0.05, 0.1) is 0 Å². The zero-order valence-electron chi connectivity index (χ0n) is 12.6. The maximum Gasteiger partial charge on any atom is 0.191 e. The molecule has 2 fully saturated rings. The van der Waals surface area contributed by atoms with Gasteiger partial charge in [0.1, 0.15) is 0 Å². The average Bonchev–Trinajstić information content (AvgIpc) is 2.47. The number of nitrogens with zero attached hydrogens (tertiary/aromatic N) is 3. The Balaban J connectivity index is 0.00000200. The molecule has 2 heterocycles. The van der Waals surface area contributed by atoms with Gasteiger partial charge in [-0.15, -0.1) is 24.0 Å². The number of hydrogen-bond acceptors (Lipinski definition) is 3. The fourth-order valence-electron chi connectivity index (χ4n) is 2.82. The van der Waals surface area contributed by atoms with E-state index in [1.54, 1.807) is 0 Å². The molecule has 118 valence electrons. The van der Waals surface area contributed by atoms with Gasteiger partial charge in [-0.2, -0.15) is 11.8 Å². The van der Waals surface area contributed by atoms with Crippen molar-refractivity contribution >= 4 is 41.7 Å². The quantitative estimate of drug-likeness (QED) is 0.437. The fraction of sp³-hybridized carbons (Fsp3) is 0.929. The van der Waals surface area contributed by atoms with Crippen LogP contribution < -0.4 is 5.73 Å². The van der Waals surface area contributed by atoms with Crippen LogP contribution in [0.2, 0.25) is 0 Å². The number of likely N-dealkylation sites (tertiary alicyclic amines) is 1. The second-order valence-corrected chi connectivity index (χ2v) is 6.81. The van der Waals surface area contributed by atoms with Gasteiger partial charge in [-0.1, -0.05) is 6.92 Å². The van der Waals surface area contributed by atoms with Gasteiger partial charge in [0.25, 0.3) is 0 Å². The van der Waals surface area contributed by atoms with Gasteiger partial charge < -0.3 is 15.5 Å². The molecular formula is C14H29IN4S. The Bertz CT molecular complexity index is 287. The summed E-state index contributed by atoms with van der Waals surface area (Å²) in [7, 11) is 0. The molecule has 0 aromatic heterocycles. The lowest BCUT2D eigenvalue weighted by molar-refractivity contribution is 0.188. The van der Waals surface area contributed by atoms with Crippen LogP contribution in [0.1, 0.15) is 26.2 Å². The summed E-state index contributed by atoms with van der Waals surface area (Å²) < 4.78 is 0. The minimum Gasteiger partial charge on any atom is -0.370 e. The Morgan fingerprint density at radius 1 is 1.20 bits per heavy atom. The van der Waals surface area contributed by atoms with E-state index in [0.29, 0.717) is 0 Å². The van der Waals surface area contributed by atoms with Crippen LogP contribution in [0.3, 0.4) is 0 Å². The molecule has 2 N–H and O–H groups in total. The molecule has 0 spiro atoms. The maximum absolute atomic E-state index is 6.10. The Morgan fingerprint density at radius 3 is 2.45 bits per heavy atom. The van der Waals surface area contributed by atoms with Crippen LogP contribution in [-0.2, 0) is 0 Å². The minimum absolute atomic E-state index is 0. The highest BCUT2D eigenvalue weighted by molar-refractivity contribution is 14.0. The first-order valence-electron chi connectivity index (χ1n) is 7.64. The third-order valence-electron chi connectivity index (χ3n) is 4.09. The van der Waals surface area contributed by atoms with Crippen molar-refractivity contribution in [1.82, 2.24) is 9.80 Å². The molecule has 0 bridgehead atoms. The highest BCUT2D eigenvalue weighted by atomic mass is 127. The molecule has 2 aliphatic rings. The average molecular weight is 412 g/mol. The Kier molecular flexibility index (Phi) is 9.28. The van der Waals surface area contributed by atoms with Crippen molar-refractivity contribution in [3.8, 4) is 0 Å². The van der Waals surface area contributed by atoms with Crippen LogP contribution in [0, 0.1) is 5.92 Å². The molecular weight excluding hydrogens is 383 g/mol. The third kappa shape index (κ3) is 5.97. The van der Waals surface area contributed by atoms with Crippen LogP contribution in [0.5, 0.6) is 0 Å². The molecule has 0 aliphatic carbocycles. The lowest BCUT2D eigenvalue weighted by Crippen LogP contribution is -2.43. The van der Waals surface area contributed by atoms with Crippen LogP contribution in [0.25, 0.3) is 0 Å². The van der Waals surface area contributed by atoms with Crippen molar-refractivity contribution in [1.29, 1.82) is 0 Å². The molecule has 0 radical (unpaired) electrons. The van der Waals surface area contributed by atoms with E-state index in [9.17, 15) is 0 Å². The van der Waals surface area contributed by atoms with Gasteiger partial charge in [0, 0.05) is 31.1 Å². The highest BCUT2D eigenvalue weighted by Gasteiger charge is 2.19. The summed E-state index contributed by atoms with van der Waals surface area (Å²) in [5.41, 5.74) is 6.10. The van der Waals surface area contributed by atoms with Gasteiger partial charge >= 0.3 is 0 Å². The first-order valence-corrected chi connectivity index (χ1v) is 8.80. The predicted octanol–water partition coefficient (Wildman–Crippen LogP) is 2.09. The summed E-state index contributed by atoms with van der Waals surface area (Å²) in [6.07, 6.45) is 3.84. The lowest BCUT2D eigenvalue weighted by atomic mass is 9.97. The summed E-state index contributed by atoms with van der Waals surface area (Å²) in [5.74, 6) is 3.89. The molecule has 20 heavy (non-hydrogen) atoms. The zero-order valence-corrected chi connectivity index (χ0v) is 15.7. The molecule has 0 atom stereocenters. The second kappa shape index (κ2) is 10.1. The fourth-order valence-corrected chi connectivity index (χ4v) is 3.73. The predicted molar refractivity (Wildman–Crippen MR) is 100 cm³/mol. The lowest BCUT2D eigenvalue weighted by Gasteiger charge is -2.31. The number of thioether (sulfide) groups is 1. The number of halogens is 1. The molecule has 0 aromatic rings. The smallest absolute Gasteiger partial charge is 0.191 e. The first kappa shape index (κ1) is 18.4. The van der Waals surface area contributed by atoms with Crippen molar-refractivity contribution in [2.45, 2.75) is 26.2 Å². The molecule has 2 rings (SSSR count). The summed E-state index contributed by atoms with van der Waals surface area (Å²) in [6.45, 7) is 9.06. The van der Waals surface area contributed by atoms with E-state index in [1.807, 2.05) is 11.8 Å². The Labute approximate surface area is 144 Å². The van der Waals surface area contributed by atoms with Crippen molar-refractivity contribution in [3.05, 3.63) is 0 Å². The summed E-state index contributed by atoms with van der Waals surface area (Å²) >= 11 is 2.01. The topological polar surface area (TPSA) is 44.9 Å². The minimum atomic E-state index is 0. The number of aliphatic imine (C=N–C) groups is 1. The number of piperidine rings is 1. The largest absolute Gasteiger partial charge is 0.370 e. The zero-order chi connectivity index (χ0) is 13.5. The van der Waals surface area contributed by atoms with Crippen LogP contribution in [-0.4, -0.2) is 66.5 Å². The number of nitrogens with two attached hydrogens (primary N) is 1. The van der Waals surface area contributed by atoms with Gasteiger partial charge in [-0.05, 0) is 44.8 Å². The molecule has 0 saturated carbocycles. The highest BCUT2D eigenvalue weighted by Crippen LogP contribution is 2.17. The van der Waals surface area contributed by atoms with E-state index in [1.165, 1.54) is 50.4 Å². The standard InChI is InChI=1S/C14H28N4S.HI/c1-2-5-17-6-3-13(4-7-17)12-16-14(15)18-8-10-19-11-9-18;/h13H,2-12H2,1H3,(H2,15,16);1H. The molecule has 0 aromatic carbocycles. The Morgan fingerprint density at radius 2 is 1.85 bits per heavy atom. The van der Waals surface area contributed by atoms with Gasteiger partial charge in [-0.3, -0.25) is 4.99 Å². The van der Waals surface area contributed by atoms with E-state index >= 15 is 0 Å². The van der Waals surface area contributed by atoms with E-state index < -0.39 is 0 Å². The van der Waals surface area contributed by atoms with Crippen molar-refractivity contribution in [2.24, 2.45) is 16.6 Å². The summed E-state index contributed by atoms with van der Waals surface area (Å²) in [4.78, 5) is 9.45. The molecule has 0 amide bonds. The van der Waals surface area contributed by atoms with Gasteiger partial charge in [0.15, 0.2) is 5.96 Å². The van der Waals surface area contributed by atoms with Crippen molar-refractivity contribution in [3.63, 3.8) is 0 Å². The second-order valence-electron chi connectivity index (χ2n) is 5.58. The molecule has 2 aliphatic heterocycles. The van der Waals surface area contributed by atoms with Crippen LogP contribution in [0.4, 0.5) is 0 Å². The number of guanidine groups is 1. The molecule has 6 heteroatoms. The van der Waals surface area contributed by atoms with Gasteiger partial charge in [-0.25, -0.2) is 0 Å². The first-order chi connectivity index (χ1) is 9.29. The van der Waals surface area contributed by atoms with E-state index in [0.717, 1.165) is 31.5 Å².